The Morgan fingerprint density at radius 1 is 0.944 bits per heavy atom. The van der Waals surface area contributed by atoms with Gasteiger partial charge in [-0.25, -0.2) is 0 Å². The number of carbonyl (C=O) groups excluding carboxylic acids is 2. The lowest BCUT2D eigenvalue weighted by Crippen LogP contribution is -2.24. The average Bonchev–Trinajstić information content (AvgIpc) is 3.23. The van der Waals surface area contributed by atoms with E-state index in [1.807, 2.05) is 37.3 Å². The van der Waals surface area contributed by atoms with E-state index in [0.717, 1.165) is 22.5 Å². The lowest BCUT2D eigenvalue weighted by Gasteiger charge is -2.13. The van der Waals surface area contributed by atoms with Gasteiger partial charge in [0.05, 0.1) is 31.2 Å². The van der Waals surface area contributed by atoms with E-state index in [4.69, 9.17) is 15.2 Å². The van der Waals surface area contributed by atoms with Crippen LogP contribution in [0.15, 0.2) is 72.8 Å². The van der Waals surface area contributed by atoms with Crippen LogP contribution in [0.5, 0.6) is 11.5 Å². The number of benzene rings is 3. The first-order chi connectivity index (χ1) is 17.4. The van der Waals surface area contributed by atoms with Crippen LogP contribution in [0.25, 0.3) is 0 Å². The van der Waals surface area contributed by atoms with E-state index in [9.17, 15) is 9.59 Å². The van der Waals surface area contributed by atoms with Gasteiger partial charge in [-0.3, -0.25) is 9.59 Å². The van der Waals surface area contributed by atoms with Gasteiger partial charge in [0.1, 0.15) is 21.4 Å². The minimum absolute atomic E-state index is 0.130. The van der Waals surface area contributed by atoms with Gasteiger partial charge in [-0.2, -0.15) is 0 Å². The van der Waals surface area contributed by atoms with Gasteiger partial charge in [0.2, 0.25) is 5.78 Å². The topological polar surface area (TPSA) is 103 Å². The minimum atomic E-state index is -0.383. The molecule has 1 aromatic heterocycles. The zero-order valence-corrected chi connectivity index (χ0v) is 21.1. The number of hydrogen-bond donors (Lipinski definition) is 3. The molecule has 0 atom stereocenters. The molecule has 0 aliphatic carbocycles. The molecular formula is C28H27N3O4S. The summed E-state index contributed by atoms with van der Waals surface area (Å²) in [5, 5.41) is 6.61. The van der Waals surface area contributed by atoms with Crippen LogP contribution in [0.3, 0.4) is 0 Å². The van der Waals surface area contributed by atoms with Crippen LogP contribution in [-0.2, 0) is 6.54 Å². The lowest BCUT2D eigenvalue weighted by molar-refractivity contribution is 0.0953. The summed E-state index contributed by atoms with van der Waals surface area (Å²) in [6.45, 7) is 2.33. The van der Waals surface area contributed by atoms with Gasteiger partial charge in [-0.15, -0.1) is 11.3 Å². The van der Waals surface area contributed by atoms with E-state index >= 15 is 0 Å². The lowest BCUT2D eigenvalue weighted by atomic mass is 10.1. The van der Waals surface area contributed by atoms with E-state index in [-0.39, 0.29) is 27.8 Å². The summed E-state index contributed by atoms with van der Waals surface area (Å²) < 4.78 is 10.8. The smallest absolute Gasteiger partial charge is 0.256 e. The Kier molecular flexibility index (Phi) is 7.56. The maximum Gasteiger partial charge on any atom is 0.256 e. The molecule has 0 aliphatic heterocycles. The van der Waals surface area contributed by atoms with Crippen molar-refractivity contribution in [2.45, 2.75) is 13.5 Å². The first-order valence-corrected chi connectivity index (χ1v) is 12.1. The third-order valence-corrected chi connectivity index (χ3v) is 6.76. The molecule has 0 aliphatic rings. The Labute approximate surface area is 213 Å². The molecule has 4 aromatic rings. The van der Waals surface area contributed by atoms with Crippen molar-refractivity contribution in [2.75, 3.05) is 25.3 Å². The van der Waals surface area contributed by atoms with Gasteiger partial charge in [-0.1, -0.05) is 60.2 Å². The zero-order valence-electron chi connectivity index (χ0n) is 20.3. The summed E-state index contributed by atoms with van der Waals surface area (Å²) in [6.07, 6.45) is 0. The van der Waals surface area contributed by atoms with Crippen molar-refractivity contribution in [1.29, 1.82) is 0 Å². The number of aryl methyl sites for hydroxylation is 1. The molecule has 0 fully saturated rings. The molecule has 3 aromatic carbocycles. The van der Waals surface area contributed by atoms with E-state index in [0.29, 0.717) is 34.3 Å². The van der Waals surface area contributed by atoms with Gasteiger partial charge in [0, 0.05) is 18.2 Å². The van der Waals surface area contributed by atoms with E-state index in [2.05, 4.69) is 10.6 Å². The Bertz CT molecular complexity index is 1380. The van der Waals surface area contributed by atoms with E-state index in [1.54, 1.807) is 56.7 Å². The number of ketones is 1. The van der Waals surface area contributed by atoms with Crippen LogP contribution in [0, 0.1) is 6.92 Å². The second kappa shape index (κ2) is 11.0. The third-order valence-electron chi connectivity index (χ3n) is 5.64. The molecule has 184 valence electrons. The molecule has 4 N–H and O–H groups in total. The number of nitrogen functional groups attached to an aromatic ring is 1. The Hall–Kier alpha value is -4.30. The summed E-state index contributed by atoms with van der Waals surface area (Å²) in [5.74, 6) is 0.509. The van der Waals surface area contributed by atoms with Gasteiger partial charge >= 0.3 is 0 Å². The summed E-state index contributed by atoms with van der Waals surface area (Å²) in [6, 6.07) is 22.0. The first-order valence-electron chi connectivity index (χ1n) is 11.3. The molecule has 1 amide bonds. The van der Waals surface area contributed by atoms with E-state index < -0.39 is 0 Å². The molecule has 36 heavy (non-hydrogen) atoms. The van der Waals surface area contributed by atoms with Crippen molar-refractivity contribution in [3.63, 3.8) is 0 Å². The predicted molar refractivity (Wildman–Crippen MR) is 144 cm³/mol. The summed E-state index contributed by atoms with van der Waals surface area (Å²) in [4.78, 5) is 26.9. The fraction of sp³-hybridized carbons (Fsp3) is 0.143. The van der Waals surface area contributed by atoms with Crippen LogP contribution >= 0.6 is 11.3 Å². The molecule has 1 heterocycles. The maximum atomic E-state index is 13.4. The number of thiophene rings is 1. The Balaban J connectivity index is 1.71. The number of amides is 1. The van der Waals surface area contributed by atoms with Crippen LogP contribution in [0.4, 0.5) is 16.4 Å². The fourth-order valence-corrected chi connectivity index (χ4v) is 4.74. The Morgan fingerprint density at radius 2 is 1.67 bits per heavy atom. The zero-order chi connectivity index (χ0) is 25.7. The highest BCUT2D eigenvalue weighted by Gasteiger charge is 2.27. The molecule has 0 saturated carbocycles. The molecule has 8 heteroatoms. The minimum Gasteiger partial charge on any atom is -0.497 e. The summed E-state index contributed by atoms with van der Waals surface area (Å²) in [7, 11) is 3.11. The van der Waals surface area contributed by atoms with Crippen molar-refractivity contribution in [2.24, 2.45) is 0 Å². The fourth-order valence-electron chi connectivity index (χ4n) is 3.65. The monoisotopic (exact) mass is 501 g/mol. The van der Waals surface area contributed by atoms with Gasteiger partial charge in [-0.05, 0) is 24.6 Å². The van der Waals surface area contributed by atoms with Crippen molar-refractivity contribution in [1.82, 2.24) is 5.32 Å². The van der Waals surface area contributed by atoms with E-state index in [1.165, 1.54) is 0 Å². The van der Waals surface area contributed by atoms with Crippen LogP contribution in [0.1, 0.15) is 36.7 Å². The van der Waals surface area contributed by atoms with Crippen molar-refractivity contribution in [3.8, 4) is 11.5 Å². The molecule has 0 unspecified atom stereocenters. The normalized spacial score (nSPS) is 10.5. The Morgan fingerprint density at radius 3 is 2.33 bits per heavy atom. The second-order valence-corrected chi connectivity index (χ2v) is 9.12. The van der Waals surface area contributed by atoms with Crippen LogP contribution in [0.2, 0.25) is 0 Å². The van der Waals surface area contributed by atoms with Gasteiger partial charge < -0.3 is 25.8 Å². The predicted octanol–water partition coefficient (Wildman–Crippen LogP) is 5.56. The number of carbonyl (C=O) groups is 2. The molecular weight excluding hydrogens is 474 g/mol. The largest absolute Gasteiger partial charge is 0.497 e. The highest BCUT2D eigenvalue weighted by atomic mass is 32.1. The second-order valence-electron chi connectivity index (χ2n) is 8.10. The number of rotatable bonds is 9. The first kappa shape index (κ1) is 24.8. The summed E-state index contributed by atoms with van der Waals surface area (Å²) >= 11 is 1.13. The number of nitrogens with one attached hydrogen (secondary N) is 2. The number of ether oxygens (including phenoxy) is 2. The molecule has 7 nitrogen and oxygen atoms in total. The van der Waals surface area contributed by atoms with Gasteiger partial charge in [0.25, 0.3) is 5.91 Å². The number of nitrogens with two attached hydrogens (primary N) is 1. The quantitative estimate of drug-likeness (QED) is 0.260. The average molecular weight is 502 g/mol. The maximum absolute atomic E-state index is 13.4. The molecule has 0 bridgehead atoms. The highest BCUT2D eigenvalue weighted by Crippen LogP contribution is 2.41. The SMILES string of the molecule is COc1ccc(Nc2sc(C(=O)c3ccccc3)c(N)c2C(=O)NCc2ccc(C)cc2)c(OC)c1. The number of hydrogen-bond acceptors (Lipinski definition) is 7. The van der Waals surface area contributed by atoms with Crippen molar-refractivity contribution < 1.29 is 19.1 Å². The van der Waals surface area contributed by atoms with Crippen molar-refractivity contribution in [3.05, 3.63) is 99.9 Å². The van der Waals surface area contributed by atoms with Crippen molar-refractivity contribution >= 4 is 39.4 Å². The molecule has 0 radical (unpaired) electrons. The van der Waals surface area contributed by atoms with Gasteiger partial charge in [0.15, 0.2) is 0 Å². The summed E-state index contributed by atoms with van der Waals surface area (Å²) in [5.41, 5.74) is 9.96. The number of methoxy groups -OCH3 is 2. The molecule has 0 spiro atoms. The standard InChI is InChI=1S/C28H27N3O4S/c1-17-9-11-18(12-10-17)16-30-27(33)23-24(29)26(25(32)19-7-5-4-6-8-19)36-28(23)31-21-14-13-20(34-2)15-22(21)35-3/h4-15,31H,16,29H2,1-3H3,(H,30,33). The number of anilines is 3. The molecule has 0 saturated heterocycles. The third kappa shape index (κ3) is 5.34. The molecule has 4 rings (SSSR count). The van der Waals surface area contributed by atoms with Crippen LogP contribution < -0.4 is 25.8 Å². The van der Waals surface area contributed by atoms with Crippen LogP contribution in [-0.4, -0.2) is 25.9 Å². The highest BCUT2D eigenvalue weighted by molar-refractivity contribution is 7.19.